The van der Waals surface area contributed by atoms with Crippen LogP contribution >= 0.6 is 0 Å². The highest BCUT2D eigenvalue weighted by atomic mass is 19.1. The Labute approximate surface area is 72.7 Å². The summed E-state index contributed by atoms with van der Waals surface area (Å²) in [6.07, 6.45) is 0.372. The average Bonchev–Trinajstić information content (AvgIpc) is 1.93. The Kier molecular flexibility index (Phi) is 2.33. The van der Waals surface area contributed by atoms with Crippen molar-refractivity contribution in [2.75, 3.05) is 26.3 Å². The normalized spacial score (nSPS) is 39.5. The molecule has 2 aliphatic heterocycles. The number of likely N-dealkylation sites (tertiary alicyclic amines) is 1. The van der Waals surface area contributed by atoms with Crippen LogP contribution in [0.3, 0.4) is 0 Å². The molecule has 0 bridgehead atoms. The predicted octanol–water partition coefficient (Wildman–Crippen LogP) is 1.07. The van der Waals surface area contributed by atoms with Crippen molar-refractivity contribution >= 4 is 0 Å². The molecule has 2 rings (SSSR count). The molecule has 2 nitrogen and oxygen atoms in total. The van der Waals surface area contributed by atoms with E-state index in [2.05, 4.69) is 4.90 Å². The van der Waals surface area contributed by atoms with E-state index in [0.29, 0.717) is 12.6 Å². The number of alkyl halides is 1. The lowest BCUT2D eigenvalue weighted by Crippen LogP contribution is -2.54. The van der Waals surface area contributed by atoms with Gasteiger partial charge >= 0.3 is 0 Å². The van der Waals surface area contributed by atoms with Crippen LogP contribution in [0.5, 0.6) is 0 Å². The number of rotatable bonds is 1. The van der Waals surface area contributed by atoms with Crippen molar-refractivity contribution in [2.45, 2.75) is 25.6 Å². The van der Waals surface area contributed by atoms with E-state index in [1.807, 2.05) is 6.92 Å². The minimum absolute atomic E-state index is 0.252. The second kappa shape index (κ2) is 3.30. The minimum atomic E-state index is -0.626. The van der Waals surface area contributed by atoms with Gasteiger partial charge in [-0.2, -0.15) is 0 Å². The molecule has 0 aromatic carbocycles. The zero-order chi connectivity index (χ0) is 8.55. The SMILES string of the molecule is CC1CCN(C2COC2)C[C@@H]1F. The Balaban J connectivity index is 1.84. The lowest BCUT2D eigenvalue weighted by Gasteiger charge is -2.42. The van der Waals surface area contributed by atoms with Crippen molar-refractivity contribution < 1.29 is 9.13 Å². The van der Waals surface area contributed by atoms with Gasteiger partial charge in [-0.15, -0.1) is 0 Å². The molecule has 0 aliphatic carbocycles. The highest BCUT2D eigenvalue weighted by Gasteiger charge is 2.33. The molecule has 0 spiro atoms. The number of nitrogens with zero attached hydrogens (tertiary/aromatic N) is 1. The number of hydrogen-bond donors (Lipinski definition) is 0. The largest absolute Gasteiger partial charge is 0.378 e. The van der Waals surface area contributed by atoms with Crippen molar-refractivity contribution in [3.05, 3.63) is 0 Å². The van der Waals surface area contributed by atoms with Crippen LogP contribution in [-0.2, 0) is 4.74 Å². The van der Waals surface area contributed by atoms with Crippen LogP contribution in [0, 0.1) is 5.92 Å². The zero-order valence-corrected chi connectivity index (χ0v) is 7.50. The van der Waals surface area contributed by atoms with Gasteiger partial charge in [0.15, 0.2) is 0 Å². The molecule has 0 radical (unpaired) electrons. The van der Waals surface area contributed by atoms with Gasteiger partial charge in [0.05, 0.1) is 19.3 Å². The second-order valence-electron chi connectivity index (χ2n) is 3.97. The van der Waals surface area contributed by atoms with Gasteiger partial charge in [0, 0.05) is 6.54 Å². The number of hydrogen-bond acceptors (Lipinski definition) is 2. The maximum atomic E-state index is 13.3. The maximum Gasteiger partial charge on any atom is 0.115 e. The van der Waals surface area contributed by atoms with Gasteiger partial charge in [0.1, 0.15) is 6.17 Å². The third-order valence-corrected chi connectivity index (χ3v) is 3.03. The summed E-state index contributed by atoms with van der Waals surface area (Å²) in [6, 6.07) is 0.510. The Bertz CT molecular complexity index is 161. The van der Waals surface area contributed by atoms with Crippen LogP contribution in [-0.4, -0.2) is 43.4 Å². The molecule has 2 heterocycles. The van der Waals surface area contributed by atoms with Crippen LogP contribution in [0.2, 0.25) is 0 Å². The van der Waals surface area contributed by atoms with Crippen LogP contribution in [0.1, 0.15) is 13.3 Å². The van der Waals surface area contributed by atoms with Crippen LogP contribution in [0.15, 0.2) is 0 Å². The first-order valence-corrected chi connectivity index (χ1v) is 4.73. The molecule has 12 heavy (non-hydrogen) atoms. The topological polar surface area (TPSA) is 12.5 Å². The molecule has 0 aromatic heterocycles. The minimum Gasteiger partial charge on any atom is -0.378 e. The molecule has 0 amide bonds. The first-order valence-electron chi connectivity index (χ1n) is 4.73. The van der Waals surface area contributed by atoms with E-state index < -0.39 is 6.17 Å². The summed E-state index contributed by atoms with van der Waals surface area (Å²) in [7, 11) is 0. The fourth-order valence-electron chi connectivity index (χ4n) is 1.81. The highest BCUT2D eigenvalue weighted by Crippen LogP contribution is 2.23. The third-order valence-electron chi connectivity index (χ3n) is 3.03. The van der Waals surface area contributed by atoms with E-state index in [1.165, 1.54) is 0 Å². The number of piperidine rings is 1. The number of ether oxygens (including phenoxy) is 1. The van der Waals surface area contributed by atoms with Crippen LogP contribution in [0.4, 0.5) is 4.39 Å². The Hall–Kier alpha value is -0.150. The van der Waals surface area contributed by atoms with Crippen LogP contribution in [0.25, 0.3) is 0 Å². The Morgan fingerprint density at radius 1 is 1.42 bits per heavy atom. The maximum absolute atomic E-state index is 13.3. The van der Waals surface area contributed by atoms with E-state index in [-0.39, 0.29) is 5.92 Å². The van der Waals surface area contributed by atoms with Gasteiger partial charge in [0.2, 0.25) is 0 Å². The summed E-state index contributed by atoms with van der Waals surface area (Å²) in [5.74, 6) is 0.252. The Morgan fingerprint density at radius 3 is 2.67 bits per heavy atom. The lowest BCUT2D eigenvalue weighted by atomic mass is 9.96. The summed E-state index contributed by atoms with van der Waals surface area (Å²) in [4.78, 5) is 2.23. The van der Waals surface area contributed by atoms with E-state index in [9.17, 15) is 4.39 Å². The van der Waals surface area contributed by atoms with Crippen molar-refractivity contribution in [3.8, 4) is 0 Å². The summed E-state index contributed by atoms with van der Waals surface area (Å²) in [5, 5.41) is 0. The predicted molar refractivity (Wildman–Crippen MR) is 44.9 cm³/mol. The molecule has 2 saturated heterocycles. The molecule has 2 fully saturated rings. The first-order chi connectivity index (χ1) is 5.77. The fourth-order valence-corrected chi connectivity index (χ4v) is 1.81. The fraction of sp³-hybridized carbons (Fsp3) is 1.00. The molecular formula is C9H16FNO. The molecule has 2 atom stereocenters. The van der Waals surface area contributed by atoms with Gasteiger partial charge < -0.3 is 4.74 Å². The standard InChI is InChI=1S/C9H16FNO/c1-7-2-3-11(4-9(7)10)8-5-12-6-8/h7-9H,2-6H2,1H3/t7?,9-/m0/s1. The van der Waals surface area contributed by atoms with Gasteiger partial charge in [-0.1, -0.05) is 6.92 Å². The van der Waals surface area contributed by atoms with Crippen molar-refractivity contribution in [1.82, 2.24) is 4.90 Å². The van der Waals surface area contributed by atoms with Crippen molar-refractivity contribution in [1.29, 1.82) is 0 Å². The van der Waals surface area contributed by atoms with Gasteiger partial charge in [-0.3, -0.25) is 4.90 Å². The zero-order valence-electron chi connectivity index (χ0n) is 7.50. The summed E-state index contributed by atoms with van der Waals surface area (Å²) in [5.41, 5.74) is 0. The summed E-state index contributed by atoms with van der Waals surface area (Å²) < 4.78 is 18.4. The molecule has 1 unspecified atom stereocenters. The quantitative estimate of drug-likeness (QED) is 0.588. The average molecular weight is 173 g/mol. The van der Waals surface area contributed by atoms with E-state index >= 15 is 0 Å². The van der Waals surface area contributed by atoms with Crippen LogP contribution < -0.4 is 0 Å². The molecular weight excluding hydrogens is 157 g/mol. The molecule has 0 saturated carbocycles. The molecule has 2 aliphatic rings. The monoisotopic (exact) mass is 173 g/mol. The second-order valence-corrected chi connectivity index (χ2v) is 3.97. The van der Waals surface area contributed by atoms with Gasteiger partial charge in [-0.25, -0.2) is 4.39 Å². The van der Waals surface area contributed by atoms with E-state index in [0.717, 1.165) is 26.2 Å². The smallest absolute Gasteiger partial charge is 0.115 e. The van der Waals surface area contributed by atoms with E-state index in [4.69, 9.17) is 4.74 Å². The van der Waals surface area contributed by atoms with Crippen molar-refractivity contribution in [3.63, 3.8) is 0 Å². The molecule has 0 N–H and O–H groups in total. The van der Waals surface area contributed by atoms with Crippen molar-refractivity contribution in [2.24, 2.45) is 5.92 Å². The third kappa shape index (κ3) is 1.48. The summed E-state index contributed by atoms with van der Waals surface area (Å²) in [6.45, 7) is 5.28. The molecule has 0 aromatic rings. The van der Waals surface area contributed by atoms with Gasteiger partial charge in [-0.05, 0) is 18.9 Å². The van der Waals surface area contributed by atoms with Gasteiger partial charge in [0.25, 0.3) is 0 Å². The molecule has 3 heteroatoms. The van der Waals surface area contributed by atoms with E-state index in [1.54, 1.807) is 0 Å². The summed E-state index contributed by atoms with van der Waals surface area (Å²) >= 11 is 0. The number of halogens is 1. The Morgan fingerprint density at radius 2 is 2.17 bits per heavy atom. The first kappa shape index (κ1) is 8.45. The lowest BCUT2D eigenvalue weighted by molar-refractivity contribution is -0.0841. The highest BCUT2D eigenvalue weighted by molar-refractivity contribution is 4.85. The molecule has 70 valence electrons.